The van der Waals surface area contributed by atoms with E-state index in [9.17, 15) is 4.57 Å². The lowest BCUT2D eigenvalue weighted by atomic mass is 9.99. The summed E-state index contributed by atoms with van der Waals surface area (Å²) >= 11 is 0. The zero-order chi connectivity index (χ0) is 9.83. The average molecular weight is 190 g/mol. The molecular weight excluding hydrogens is 175 g/mol. The van der Waals surface area contributed by atoms with Crippen LogP contribution in [0.4, 0.5) is 0 Å². The predicted octanol–water partition coefficient (Wildman–Crippen LogP) is 2.48. The molecule has 70 valence electrons. The van der Waals surface area contributed by atoms with Gasteiger partial charge in [0.15, 0.2) is 0 Å². The lowest BCUT2D eigenvalue weighted by molar-refractivity contribution is 0.288. The van der Waals surface area contributed by atoms with E-state index in [4.69, 9.17) is 0 Å². The summed E-state index contributed by atoms with van der Waals surface area (Å²) in [7, 11) is -0.497. The summed E-state index contributed by atoms with van der Waals surface area (Å²) < 4.78 is 20.7. The molecule has 12 heavy (non-hydrogen) atoms. The fraction of sp³-hybridized carbons (Fsp3) is 0.750. The van der Waals surface area contributed by atoms with E-state index in [1.807, 2.05) is 20.8 Å². The first-order chi connectivity index (χ1) is 5.33. The molecule has 0 bridgehead atoms. The second kappa shape index (κ2) is 4.09. The van der Waals surface area contributed by atoms with Crippen molar-refractivity contribution >= 4 is 7.60 Å². The van der Waals surface area contributed by atoms with Gasteiger partial charge in [0.2, 0.25) is 0 Å². The van der Waals surface area contributed by atoms with Crippen molar-refractivity contribution in [2.24, 2.45) is 5.41 Å². The van der Waals surface area contributed by atoms with E-state index in [-0.39, 0.29) is 5.41 Å². The Bertz CT molecular complexity index is 233. The molecule has 0 heterocycles. The van der Waals surface area contributed by atoms with Crippen molar-refractivity contribution < 1.29 is 13.6 Å². The molecule has 0 saturated carbocycles. The van der Waals surface area contributed by atoms with Gasteiger partial charge in [-0.2, -0.15) is 0 Å². The number of hydrogen-bond acceptors (Lipinski definition) is 3. The molecule has 0 fully saturated rings. The molecule has 4 heteroatoms. The molecule has 0 unspecified atom stereocenters. The maximum Gasteiger partial charge on any atom is 0.405 e. The van der Waals surface area contributed by atoms with Gasteiger partial charge in [-0.1, -0.05) is 5.92 Å². The normalized spacial score (nSPS) is 12.1. The van der Waals surface area contributed by atoms with Crippen LogP contribution in [0.15, 0.2) is 0 Å². The predicted molar refractivity (Wildman–Crippen MR) is 48.9 cm³/mol. The summed E-state index contributed by atoms with van der Waals surface area (Å²) in [5, 5.41) is 0. The molecule has 0 aliphatic rings. The largest absolute Gasteiger partial charge is 0.405 e. The fourth-order valence-corrected chi connectivity index (χ4v) is 1.21. The highest BCUT2D eigenvalue weighted by molar-refractivity contribution is 7.59. The van der Waals surface area contributed by atoms with Crippen molar-refractivity contribution in [2.45, 2.75) is 20.8 Å². The van der Waals surface area contributed by atoms with Crippen LogP contribution >= 0.6 is 7.60 Å². The van der Waals surface area contributed by atoms with E-state index in [0.29, 0.717) is 0 Å². The van der Waals surface area contributed by atoms with Gasteiger partial charge in [-0.05, 0) is 20.8 Å². The molecule has 0 amide bonds. The van der Waals surface area contributed by atoms with Gasteiger partial charge in [0, 0.05) is 25.3 Å². The maximum absolute atomic E-state index is 11.4. The summed E-state index contributed by atoms with van der Waals surface area (Å²) in [5.74, 6) is 2.80. The van der Waals surface area contributed by atoms with Gasteiger partial charge >= 0.3 is 7.60 Å². The SMILES string of the molecule is COP(=O)(C#CC(C)(C)C)OC. The third kappa shape index (κ3) is 4.56. The lowest BCUT2D eigenvalue weighted by Gasteiger charge is -2.09. The summed E-state index contributed by atoms with van der Waals surface area (Å²) in [6, 6.07) is 0. The molecule has 0 saturated heterocycles. The van der Waals surface area contributed by atoms with Crippen LogP contribution < -0.4 is 0 Å². The Morgan fingerprint density at radius 2 is 1.58 bits per heavy atom. The van der Waals surface area contributed by atoms with Crippen molar-refractivity contribution in [1.29, 1.82) is 0 Å². The Morgan fingerprint density at radius 1 is 1.17 bits per heavy atom. The van der Waals surface area contributed by atoms with Crippen molar-refractivity contribution in [2.75, 3.05) is 14.2 Å². The van der Waals surface area contributed by atoms with Crippen molar-refractivity contribution in [3.05, 3.63) is 0 Å². The van der Waals surface area contributed by atoms with E-state index < -0.39 is 7.60 Å². The highest BCUT2D eigenvalue weighted by Gasteiger charge is 2.17. The molecule has 0 aliphatic carbocycles. The van der Waals surface area contributed by atoms with Crippen LogP contribution in [0.2, 0.25) is 0 Å². The minimum atomic E-state index is -3.14. The van der Waals surface area contributed by atoms with E-state index in [1.165, 1.54) is 14.2 Å². The Balaban J connectivity index is 4.58. The second-order valence-electron chi connectivity index (χ2n) is 3.35. The molecule has 0 radical (unpaired) electrons. The zero-order valence-corrected chi connectivity index (χ0v) is 9.07. The summed E-state index contributed by atoms with van der Waals surface area (Å²) in [5.41, 5.74) is 2.31. The van der Waals surface area contributed by atoms with Gasteiger partial charge in [0.05, 0.1) is 0 Å². The standard InChI is InChI=1S/C8H15O3P/c1-8(2,3)6-7-12(9,10-4)11-5/h1-5H3. The van der Waals surface area contributed by atoms with Crippen LogP contribution in [0.3, 0.4) is 0 Å². The average Bonchev–Trinajstić information content (AvgIpc) is 1.99. The number of rotatable bonds is 2. The van der Waals surface area contributed by atoms with Crippen molar-refractivity contribution in [3.63, 3.8) is 0 Å². The number of hydrogen-bond donors (Lipinski definition) is 0. The topological polar surface area (TPSA) is 35.5 Å². The monoisotopic (exact) mass is 190 g/mol. The molecule has 0 atom stereocenters. The molecule has 3 nitrogen and oxygen atoms in total. The molecular formula is C8H15O3P. The van der Waals surface area contributed by atoms with Crippen LogP contribution in [0.25, 0.3) is 0 Å². The van der Waals surface area contributed by atoms with Gasteiger partial charge < -0.3 is 9.05 Å². The fourth-order valence-electron chi connectivity index (χ4n) is 0.402. The first-order valence-electron chi connectivity index (χ1n) is 3.59. The minimum Gasteiger partial charge on any atom is -0.303 e. The first-order valence-corrected chi connectivity index (χ1v) is 5.13. The smallest absolute Gasteiger partial charge is 0.303 e. The molecule has 0 spiro atoms. The Hall–Kier alpha value is -0.290. The van der Waals surface area contributed by atoms with Gasteiger partial charge in [-0.15, -0.1) is 0 Å². The Labute approximate surface area is 74.0 Å². The summed E-state index contributed by atoms with van der Waals surface area (Å²) in [6.45, 7) is 5.78. The van der Waals surface area contributed by atoms with Crippen LogP contribution in [0, 0.1) is 17.0 Å². The third-order valence-electron chi connectivity index (χ3n) is 1.05. The second-order valence-corrected chi connectivity index (χ2v) is 5.30. The molecule has 0 aliphatic heterocycles. The maximum atomic E-state index is 11.4. The van der Waals surface area contributed by atoms with Crippen molar-refractivity contribution in [3.8, 4) is 11.6 Å². The molecule has 0 N–H and O–H groups in total. The first kappa shape index (κ1) is 11.7. The van der Waals surface area contributed by atoms with Crippen LogP contribution in [-0.4, -0.2) is 14.2 Å². The molecule has 0 aromatic carbocycles. The third-order valence-corrected chi connectivity index (χ3v) is 2.40. The highest BCUT2D eigenvalue weighted by atomic mass is 31.2. The van der Waals surface area contributed by atoms with E-state index >= 15 is 0 Å². The van der Waals surface area contributed by atoms with Crippen LogP contribution in [-0.2, 0) is 13.6 Å². The summed E-state index contributed by atoms with van der Waals surface area (Å²) in [4.78, 5) is 0. The van der Waals surface area contributed by atoms with Crippen molar-refractivity contribution in [1.82, 2.24) is 0 Å². The Kier molecular flexibility index (Phi) is 3.99. The van der Waals surface area contributed by atoms with E-state index in [1.54, 1.807) is 0 Å². The molecule has 0 rings (SSSR count). The van der Waals surface area contributed by atoms with Crippen LogP contribution in [0.1, 0.15) is 20.8 Å². The zero-order valence-electron chi connectivity index (χ0n) is 8.17. The van der Waals surface area contributed by atoms with E-state index in [2.05, 4.69) is 20.6 Å². The lowest BCUT2D eigenvalue weighted by Crippen LogP contribution is -1.99. The highest BCUT2D eigenvalue weighted by Crippen LogP contribution is 2.45. The van der Waals surface area contributed by atoms with Gasteiger partial charge in [0.25, 0.3) is 0 Å². The van der Waals surface area contributed by atoms with E-state index in [0.717, 1.165) is 0 Å². The Morgan fingerprint density at radius 3 is 1.83 bits per heavy atom. The minimum absolute atomic E-state index is 0.188. The quantitative estimate of drug-likeness (QED) is 0.495. The molecule has 0 aromatic heterocycles. The summed E-state index contributed by atoms with van der Waals surface area (Å²) in [6.07, 6.45) is 0. The molecule has 0 aromatic rings. The van der Waals surface area contributed by atoms with Gasteiger partial charge in [-0.3, -0.25) is 0 Å². The van der Waals surface area contributed by atoms with Gasteiger partial charge in [0.1, 0.15) is 0 Å². The van der Waals surface area contributed by atoms with Crippen LogP contribution in [0.5, 0.6) is 0 Å². The van der Waals surface area contributed by atoms with Gasteiger partial charge in [-0.25, -0.2) is 4.57 Å².